The lowest BCUT2D eigenvalue weighted by Gasteiger charge is -2.30. The lowest BCUT2D eigenvalue weighted by Crippen LogP contribution is -2.52. The first-order valence-electron chi connectivity index (χ1n) is 11.8. The number of alkyl carbamates (subject to hydrolysis) is 1. The number of nitrogens with one attached hydrogen (secondary N) is 2. The van der Waals surface area contributed by atoms with Crippen molar-refractivity contribution < 1.29 is 24.2 Å². The Labute approximate surface area is 216 Å². The molecule has 0 heterocycles. The van der Waals surface area contributed by atoms with E-state index in [4.69, 9.17) is 11.2 Å². The van der Waals surface area contributed by atoms with Crippen molar-refractivity contribution in [3.05, 3.63) is 77.9 Å². The Morgan fingerprint density at radius 2 is 1.68 bits per heavy atom. The summed E-state index contributed by atoms with van der Waals surface area (Å²) in [6.45, 7) is 6.15. The summed E-state index contributed by atoms with van der Waals surface area (Å²) in [6.07, 6.45) is 4.82. The zero-order chi connectivity index (χ0) is 27.2. The van der Waals surface area contributed by atoms with Gasteiger partial charge in [0.15, 0.2) is 0 Å². The molecule has 0 bridgehead atoms. The molecule has 2 atom stereocenters. The van der Waals surface area contributed by atoms with Crippen LogP contribution in [0.1, 0.15) is 37.9 Å². The molecule has 3 aromatic carbocycles. The van der Waals surface area contributed by atoms with Crippen molar-refractivity contribution in [3.8, 4) is 12.5 Å². The van der Waals surface area contributed by atoms with E-state index in [-0.39, 0.29) is 0 Å². The van der Waals surface area contributed by atoms with Gasteiger partial charge in [-0.15, -0.1) is 0 Å². The summed E-state index contributed by atoms with van der Waals surface area (Å²) in [5.74, 6) is -1.39. The summed E-state index contributed by atoms with van der Waals surface area (Å²) in [5, 5.41) is 17.0. The number of benzene rings is 3. The van der Waals surface area contributed by atoms with Crippen molar-refractivity contribution in [1.82, 2.24) is 10.2 Å². The predicted molar refractivity (Wildman–Crippen MR) is 142 cm³/mol. The van der Waals surface area contributed by atoms with Crippen molar-refractivity contribution in [1.29, 1.82) is 0 Å². The maximum Gasteiger partial charge on any atom is 0.408 e. The fourth-order valence-electron chi connectivity index (χ4n) is 3.71. The SMILES string of the molecule is C#CN(C(=O)C(CO)NC(=O)OC(C)(C)C)C(C(=O)Nc1ccc2ccccc2c1)c1ccc(C)cc1. The number of anilines is 1. The lowest BCUT2D eigenvalue weighted by molar-refractivity contribution is -0.137. The van der Waals surface area contributed by atoms with Crippen LogP contribution in [0.2, 0.25) is 0 Å². The highest BCUT2D eigenvalue weighted by Crippen LogP contribution is 2.26. The number of nitrogens with zero attached hydrogens (tertiary/aromatic N) is 1. The van der Waals surface area contributed by atoms with Crippen LogP contribution in [0.25, 0.3) is 10.8 Å². The fraction of sp³-hybridized carbons (Fsp3) is 0.276. The Bertz CT molecular complexity index is 1320. The van der Waals surface area contributed by atoms with Crippen LogP contribution in [0.5, 0.6) is 0 Å². The Hall–Kier alpha value is -4.35. The predicted octanol–water partition coefficient (Wildman–Crippen LogP) is 4.13. The highest BCUT2D eigenvalue weighted by molar-refractivity contribution is 6.01. The van der Waals surface area contributed by atoms with Gasteiger partial charge in [0, 0.05) is 11.7 Å². The maximum absolute atomic E-state index is 13.6. The summed E-state index contributed by atoms with van der Waals surface area (Å²) >= 11 is 0. The number of aryl methyl sites for hydroxylation is 1. The third kappa shape index (κ3) is 7.09. The van der Waals surface area contributed by atoms with E-state index in [0.717, 1.165) is 21.2 Å². The summed E-state index contributed by atoms with van der Waals surface area (Å²) in [4.78, 5) is 40.1. The number of ether oxygens (including phenoxy) is 1. The molecule has 0 saturated carbocycles. The number of rotatable bonds is 7. The van der Waals surface area contributed by atoms with E-state index >= 15 is 0 Å². The number of aliphatic hydroxyl groups is 1. The van der Waals surface area contributed by atoms with E-state index in [0.29, 0.717) is 11.3 Å². The molecule has 0 aliphatic carbocycles. The molecule has 3 aromatic rings. The van der Waals surface area contributed by atoms with Crippen LogP contribution in [-0.2, 0) is 14.3 Å². The molecule has 0 fully saturated rings. The average molecular weight is 502 g/mol. The van der Waals surface area contributed by atoms with Gasteiger partial charge < -0.3 is 20.5 Å². The minimum atomic E-state index is -1.42. The molecule has 0 aliphatic heterocycles. The van der Waals surface area contributed by atoms with E-state index in [1.807, 2.05) is 43.3 Å². The van der Waals surface area contributed by atoms with Crippen molar-refractivity contribution in [3.63, 3.8) is 0 Å². The molecular formula is C29H31N3O5. The molecule has 3 amide bonds. The van der Waals surface area contributed by atoms with Gasteiger partial charge in [-0.3, -0.25) is 14.5 Å². The Morgan fingerprint density at radius 3 is 2.27 bits per heavy atom. The van der Waals surface area contributed by atoms with Crippen molar-refractivity contribution >= 4 is 34.4 Å². The first-order chi connectivity index (χ1) is 17.5. The topological polar surface area (TPSA) is 108 Å². The normalized spacial score (nSPS) is 12.6. The minimum Gasteiger partial charge on any atom is -0.444 e. The van der Waals surface area contributed by atoms with Gasteiger partial charge in [0.1, 0.15) is 17.7 Å². The molecule has 192 valence electrons. The fourth-order valence-corrected chi connectivity index (χ4v) is 3.71. The molecule has 8 nitrogen and oxygen atoms in total. The molecule has 0 aliphatic rings. The molecule has 0 radical (unpaired) electrons. The second-order valence-corrected chi connectivity index (χ2v) is 9.58. The van der Waals surface area contributed by atoms with Gasteiger partial charge in [-0.1, -0.05) is 66.6 Å². The standard InChI is InChI=1S/C29H31N3O5/c1-6-32(27(35)24(18-33)31-28(36)37-29(3,4)5)25(21-13-11-19(2)12-14-21)26(34)30-23-16-15-20-9-7-8-10-22(20)17-23/h1,7-17,24-25,33H,18H2,2-5H3,(H,30,34)(H,31,36). The zero-order valence-corrected chi connectivity index (χ0v) is 21.3. The van der Waals surface area contributed by atoms with Gasteiger partial charge in [0.05, 0.1) is 6.61 Å². The number of hydrogen-bond donors (Lipinski definition) is 3. The number of carbonyl (C=O) groups excluding carboxylic acids is 3. The smallest absolute Gasteiger partial charge is 0.408 e. The van der Waals surface area contributed by atoms with Gasteiger partial charge in [-0.25, -0.2) is 4.79 Å². The van der Waals surface area contributed by atoms with E-state index in [2.05, 4.69) is 16.7 Å². The van der Waals surface area contributed by atoms with Crippen LogP contribution in [0.15, 0.2) is 66.7 Å². The van der Waals surface area contributed by atoms with Crippen LogP contribution in [0.4, 0.5) is 10.5 Å². The van der Waals surface area contributed by atoms with Crippen LogP contribution in [-0.4, -0.2) is 46.2 Å². The van der Waals surface area contributed by atoms with Crippen LogP contribution >= 0.6 is 0 Å². The van der Waals surface area contributed by atoms with Crippen molar-refractivity contribution in [2.24, 2.45) is 0 Å². The van der Waals surface area contributed by atoms with Crippen LogP contribution in [0, 0.1) is 19.4 Å². The summed E-state index contributed by atoms with van der Waals surface area (Å²) in [5.41, 5.74) is 1.12. The second-order valence-electron chi connectivity index (χ2n) is 9.58. The van der Waals surface area contributed by atoms with Crippen LogP contribution < -0.4 is 10.6 Å². The first kappa shape index (κ1) is 27.2. The average Bonchev–Trinajstić information content (AvgIpc) is 2.85. The second kappa shape index (κ2) is 11.6. The molecular weight excluding hydrogens is 470 g/mol. The third-order valence-corrected chi connectivity index (χ3v) is 5.46. The van der Waals surface area contributed by atoms with E-state index in [1.165, 1.54) is 0 Å². The van der Waals surface area contributed by atoms with E-state index in [9.17, 15) is 19.5 Å². The molecule has 8 heteroatoms. The quantitative estimate of drug-likeness (QED) is 0.333. The van der Waals surface area contributed by atoms with Crippen molar-refractivity contribution in [2.75, 3.05) is 11.9 Å². The minimum absolute atomic E-state index is 0.462. The number of hydrogen-bond acceptors (Lipinski definition) is 5. The highest BCUT2D eigenvalue weighted by Gasteiger charge is 2.35. The molecule has 37 heavy (non-hydrogen) atoms. The summed E-state index contributed by atoms with van der Waals surface area (Å²) in [6, 6.07) is 19.8. The van der Waals surface area contributed by atoms with E-state index < -0.39 is 42.2 Å². The molecule has 2 unspecified atom stereocenters. The van der Waals surface area contributed by atoms with Crippen molar-refractivity contribution in [2.45, 2.75) is 45.4 Å². The number of fused-ring (bicyclic) bond motifs is 1. The van der Waals surface area contributed by atoms with Gasteiger partial charge >= 0.3 is 6.09 Å². The molecule has 0 aromatic heterocycles. The molecule has 0 spiro atoms. The Kier molecular flexibility index (Phi) is 8.53. The molecule has 0 saturated heterocycles. The third-order valence-electron chi connectivity index (χ3n) is 5.46. The monoisotopic (exact) mass is 501 g/mol. The van der Waals surface area contributed by atoms with E-state index in [1.54, 1.807) is 51.1 Å². The number of terminal acetylenes is 1. The lowest BCUT2D eigenvalue weighted by atomic mass is 10.0. The van der Waals surface area contributed by atoms with Gasteiger partial charge in [-0.2, -0.15) is 0 Å². The first-order valence-corrected chi connectivity index (χ1v) is 11.8. The maximum atomic E-state index is 13.6. The van der Waals surface area contributed by atoms with Crippen LogP contribution in [0.3, 0.4) is 0 Å². The largest absolute Gasteiger partial charge is 0.444 e. The zero-order valence-electron chi connectivity index (χ0n) is 21.3. The molecule has 3 N–H and O–H groups in total. The number of amides is 3. The van der Waals surface area contributed by atoms with Gasteiger partial charge in [-0.05, 0) is 56.2 Å². The van der Waals surface area contributed by atoms with Gasteiger partial charge in [0.2, 0.25) is 0 Å². The molecule has 3 rings (SSSR count). The van der Waals surface area contributed by atoms with Gasteiger partial charge in [0.25, 0.3) is 11.8 Å². The summed E-state index contributed by atoms with van der Waals surface area (Å²) < 4.78 is 5.19. The number of carbonyl (C=O) groups is 3. The Morgan fingerprint density at radius 1 is 1.03 bits per heavy atom. The number of aliphatic hydroxyl groups excluding tert-OH is 1. The Balaban J connectivity index is 1.92. The highest BCUT2D eigenvalue weighted by atomic mass is 16.6. The summed E-state index contributed by atoms with van der Waals surface area (Å²) in [7, 11) is 0.